The summed E-state index contributed by atoms with van der Waals surface area (Å²) in [4.78, 5) is 23.2. The summed E-state index contributed by atoms with van der Waals surface area (Å²) in [6.45, 7) is 0. The largest absolute Gasteiger partial charge is 0.494 e. The zero-order valence-corrected chi connectivity index (χ0v) is 17.0. The van der Waals surface area contributed by atoms with Gasteiger partial charge in [0.05, 0.1) is 38.9 Å². The summed E-state index contributed by atoms with van der Waals surface area (Å²) in [5.41, 5.74) is 1.63. The molecule has 0 saturated heterocycles. The average molecular weight is 506 g/mol. The van der Waals surface area contributed by atoms with Crippen LogP contribution in [0.3, 0.4) is 0 Å². The molecule has 0 aliphatic carbocycles. The van der Waals surface area contributed by atoms with Gasteiger partial charge >= 0.3 is 5.69 Å². The molecule has 4 aromatic rings. The van der Waals surface area contributed by atoms with Crippen molar-refractivity contribution in [2.75, 3.05) is 12.4 Å². The number of halogens is 2. The van der Waals surface area contributed by atoms with Crippen LogP contribution in [0.1, 0.15) is 0 Å². The first-order valence-electron chi connectivity index (χ1n) is 8.22. The van der Waals surface area contributed by atoms with Crippen LogP contribution in [0.4, 0.5) is 21.7 Å². The highest BCUT2D eigenvalue weighted by Crippen LogP contribution is 2.33. The van der Waals surface area contributed by atoms with Crippen molar-refractivity contribution in [2.45, 2.75) is 0 Å². The Kier molecular flexibility index (Phi) is 4.96. The summed E-state index contributed by atoms with van der Waals surface area (Å²) >= 11 is 2.20. The molecule has 0 bridgehead atoms. The normalized spacial score (nSPS) is 10.9. The summed E-state index contributed by atoms with van der Waals surface area (Å²) < 4.78 is 21.9. The maximum Gasteiger partial charge on any atom is 0.307 e. The second-order valence-corrected chi connectivity index (χ2v) is 7.01. The summed E-state index contributed by atoms with van der Waals surface area (Å²) in [7, 11) is 1.34. The Morgan fingerprint density at radius 3 is 2.90 bits per heavy atom. The zero-order valence-electron chi connectivity index (χ0n) is 14.8. The number of imidazole rings is 1. The number of aromatic nitrogens is 4. The Balaban J connectivity index is 1.74. The quantitative estimate of drug-likeness (QED) is 0.246. The highest BCUT2D eigenvalue weighted by atomic mass is 127. The highest BCUT2D eigenvalue weighted by Gasteiger charge is 2.20. The summed E-state index contributed by atoms with van der Waals surface area (Å²) in [6.07, 6.45) is 5.12. The molecule has 4 rings (SSSR count). The smallest absolute Gasteiger partial charge is 0.307 e. The number of nitrogens with one attached hydrogen (secondary N) is 1. The number of benzene rings is 1. The van der Waals surface area contributed by atoms with Gasteiger partial charge in [-0.2, -0.15) is 4.39 Å². The van der Waals surface area contributed by atoms with E-state index in [4.69, 9.17) is 4.74 Å². The second-order valence-electron chi connectivity index (χ2n) is 5.84. The number of methoxy groups -OCH3 is 1. The van der Waals surface area contributed by atoms with Crippen LogP contribution in [0.25, 0.3) is 17.0 Å². The van der Waals surface area contributed by atoms with Gasteiger partial charge in [0.15, 0.2) is 5.65 Å². The van der Waals surface area contributed by atoms with Crippen molar-refractivity contribution in [2.24, 2.45) is 0 Å². The molecular weight excluding hydrogens is 494 g/mol. The topological polar surface area (TPSA) is 107 Å². The predicted molar refractivity (Wildman–Crippen MR) is 112 cm³/mol. The molecule has 0 saturated carbocycles. The van der Waals surface area contributed by atoms with Crippen molar-refractivity contribution in [3.05, 3.63) is 68.4 Å². The molecule has 0 aliphatic heterocycles. The number of hydrogen-bond acceptors (Lipinski definition) is 7. The molecule has 0 aliphatic rings. The van der Waals surface area contributed by atoms with Gasteiger partial charge < -0.3 is 10.1 Å². The van der Waals surface area contributed by atoms with Crippen molar-refractivity contribution in [3.63, 3.8) is 0 Å². The Morgan fingerprint density at radius 2 is 2.14 bits per heavy atom. The highest BCUT2D eigenvalue weighted by molar-refractivity contribution is 14.1. The van der Waals surface area contributed by atoms with Gasteiger partial charge in [0.1, 0.15) is 5.75 Å². The SMILES string of the molecule is COc1cc(F)c([N+](=O)[O-])cc1Nc1nccc(-c2cnc3c(I)cccn23)n1. The van der Waals surface area contributed by atoms with E-state index in [1.165, 1.54) is 7.11 Å². The number of ether oxygens (including phenoxy) is 1. The van der Waals surface area contributed by atoms with Gasteiger partial charge in [-0.05, 0) is 40.8 Å². The Hall–Kier alpha value is -3.35. The monoisotopic (exact) mass is 506 g/mol. The molecule has 0 radical (unpaired) electrons. The van der Waals surface area contributed by atoms with Crippen LogP contribution in [0, 0.1) is 19.5 Å². The zero-order chi connectivity index (χ0) is 20.5. The molecule has 0 spiro atoms. The van der Waals surface area contributed by atoms with E-state index in [9.17, 15) is 14.5 Å². The standard InChI is InChI=1S/C18H12FIN6O3/c1-29-16-7-10(19)14(26(27)28)8-13(16)24-18-21-5-4-12(23-18)15-9-22-17-11(20)3-2-6-25(15)17/h2-9H,1H3,(H,21,23,24). The van der Waals surface area contributed by atoms with Crippen LogP contribution < -0.4 is 10.1 Å². The summed E-state index contributed by atoms with van der Waals surface area (Å²) in [5, 5.41) is 13.9. The number of nitro groups is 1. The van der Waals surface area contributed by atoms with Crippen LogP contribution in [-0.2, 0) is 0 Å². The molecule has 9 nitrogen and oxygen atoms in total. The molecule has 11 heteroatoms. The van der Waals surface area contributed by atoms with Gasteiger partial charge in [-0.1, -0.05) is 0 Å². The van der Waals surface area contributed by atoms with Crippen LogP contribution in [0.2, 0.25) is 0 Å². The maximum absolute atomic E-state index is 13.8. The van der Waals surface area contributed by atoms with E-state index in [2.05, 4.69) is 42.9 Å². The van der Waals surface area contributed by atoms with Gasteiger partial charge in [-0.25, -0.2) is 15.0 Å². The van der Waals surface area contributed by atoms with E-state index in [0.717, 1.165) is 27.0 Å². The summed E-state index contributed by atoms with van der Waals surface area (Å²) in [5.74, 6) is -0.735. The van der Waals surface area contributed by atoms with Crippen molar-refractivity contribution in [3.8, 4) is 17.1 Å². The van der Waals surface area contributed by atoms with Crippen molar-refractivity contribution < 1.29 is 14.1 Å². The first-order valence-corrected chi connectivity index (χ1v) is 9.29. The molecule has 0 atom stereocenters. The number of rotatable bonds is 5. The second kappa shape index (κ2) is 7.58. The van der Waals surface area contributed by atoms with Crippen molar-refractivity contribution in [1.29, 1.82) is 0 Å². The first-order chi connectivity index (χ1) is 14.0. The van der Waals surface area contributed by atoms with E-state index < -0.39 is 16.4 Å². The first kappa shape index (κ1) is 19.0. The fourth-order valence-electron chi connectivity index (χ4n) is 2.80. The minimum absolute atomic E-state index is 0.0893. The molecule has 0 fully saturated rings. The van der Waals surface area contributed by atoms with E-state index in [1.807, 2.05) is 22.7 Å². The lowest BCUT2D eigenvalue weighted by molar-refractivity contribution is -0.387. The Labute approximate surface area is 176 Å². The van der Waals surface area contributed by atoms with Gasteiger partial charge in [-0.15, -0.1) is 0 Å². The van der Waals surface area contributed by atoms with E-state index in [0.29, 0.717) is 5.69 Å². The molecule has 29 heavy (non-hydrogen) atoms. The van der Waals surface area contributed by atoms with Gasteiger partial charge in [0.25, 0.3) is 0 Å². The molecule has 1 aromatic carbocycles. The van der Waals surface area contributed by atoms with E-state index in [-0.39, 0.29) is 17.4 Å². The van der Waals surface area contributed by atoms with E-state index in [1.54, 1.807) is 18.5 Å². The van der Waals surface area contributed by atoms with Gasteiger partial charge in [0.2, 0.25) is 11.8 Å². The third-order valence-corrected chi connectivity index (χ3v) is 4.96. The molecule has 3 heterocycles. The number of nitrogens with zero attached hydrogens (tertiary/aromatic N) is 5. The number of pyridine rings is 1. The van der Waals surface area contributed by atoms with Gasteiger partial charge in [-0.3, -0.25) is 14.5 Å². The van der Waals surface area contributed by atoms with Crippen molar-refractivity contribution in [1.82, 2.24) is 19.4 Å². The average Bonchev–Trinajstić information content (AvgIpc) is 3.14. The molecule has 3 aromatic heterocycles. The van der Waals surface area contributed by atoms with Crippen LogP contribution in [0.5, 0.6) is 5.75 Å². The maximum atomic E-state index is 13.8. The third kappa shape index (κ3) is 3.55. The molecule has 1 N–H and O–H groups in total. The Morgan fingerprint density at radius 1 is 1.31 bits per heavy atom. The molecular formula is C18H12FIN6O3. The van der Waals surface area contributed by atoms with E-state index >= 15 is 0 Å². The number of fused-ring (bicyclic) bond motifs is 1. The number of nitro benzene ring substituents is 1. The van der Waals surface area contributed by atoms with Crippen LogP contribution in [0.15, 0.2) is 48.9 Å². The Bertz CT molecular complexity index is 1250. The lowest BCUT2D eigenvalue weighted by Crippen LogP contribution is -2.03. The lowest BCUT2D eigenvalue weighted by Gasteiger charge is -2.11. The van der Waals surface area contributed by atoms with Gasteiger partial charge in [0, 0.05) is 24.5 Å². The van der Waals surface area contributed by atoms with Crippen LogP contribution >= 0.6 is 22.6 Å². The predicted octanol–water partition coefficient (Wildman–Crippen LogP) is 4.20. The third-order valence-electron chi connectivity index (χ3n) is 4.12. The fraction of sp³-hybridized carbons (Fsp3) is 0.0556. The minimum atomic E-state index is -0.993. The summed E-state index contributed by atoms with van der Waals surface area (Å²) in [6, 6.07) is 7.56. The minimum Gasteiger partial charge on any atom is -0.494 e. The van der Waals surface area contributed by atoms with Crippen LogP contribution in [-0.4, -0.2) is 31.4 Å². The molecule has 146 valence electrons. The number of hydrogen-bond donors (Lipinski definition) is 1. The lowest BCUT2D eigenvalue weighted by atomic mass is 10.2. The molecule has 0 unspecified atom stereocenters. The number of anilines is 2. The van der Waals surface area contributed by atoms with Crippen molar-refractivity contribution >= 4 is 45.6 Å². The fourth-order valence-corrected chi connectivity index (χ4v) is 3.40. The molecule has 0 amide bonds.